The second kappa shape index (κ2) is 7.94. The number of esters is 1. The number of nitrogens with zero attached hydrogens (tertiary/aromatic N) is 5. The highest BCUT2D eigenvalue weighted by Gasteiger charge is 2.20. The van der Waals surface area contributed by atoms with Crippen LogP contribution in [0.2, 0.25) is 0 Å². The van der Waals surface area contributed by atoms with Gasteiger partial charge in [-0.15, -0.1) is 0 Å². The lowest BCUT2D eigenvalue weighted by Gasteiger charge is -2.12. The lowest BCUT2D eigenvalue weighted by molar-refractivity contribution is 0.0470. The maximum absolute atomic E-state index is 13.0. The van der Waals surface area contributed by atoms with Gasteiger partial charge in [0.1, 0.15) is 12.3 Å². The average Bonchev–Trinajstić information content (AvgIpc) is 3.16. The SMILES string of the molecule is Cc1ccc2nc(COC(=O)c3cc(C(C)C)nc4c3cnn4C(C)C)cc(=O)n2c1. The van der Waals surface area contributed by atoms with Crippen molar-refractivity contribution in [2.75, 3.05) is 0 Å². The van der Waals surface area contributed by atoms with Crippen LogP contribution in [0.25, 0.3) is 16.7 Å². The van der Waals surface area contributed by atoms with Gasteiger partial charge in [-0.1, -0.05) is 19.9 Å². The van der Waals surface area contributed by atoms with Gasteiger partial charge in [0.2, 0.25) is 0 Å². The summed E-state index contributed by atoms with van der Waals surface area (Å²) in [4.78, 5) is 34.5. The summed E-state index contributed by atoms with van der Waals surface area (Å²) in [5.41, 5.74) is 3.51. The molecule has 0 fully saturated rings. The second-order valence-corrected chi connectivity index (χ2v) is 8.27. The first-order valence-corrected chi connectivity index (χ1v) is 10.3. The van der Waals surface area contributed by atoms with E-state index in [4.69, 9.17) is 9.72 Å². The van der Waals surface area contributed by atoms with Crippen LogP contribution in [0, 0.1) is 6.92 Å². The zero-order chi connectivity index (χ0) is 22.3. The first-order chi connectivity index (χ1) is 14.7. The molecule has 0 aromatic carbocycles. The van der Waals surface area contributed by atoms with Gasteiger partial charge in [0.15, 0.2) is 5.65 Å². The maximum Gasteiger partial charge on any atom is 0.339 e. The number of rotatable bonds is 5. The molecule has 0 atom stereocenters. The molecule has 0 amide bonds. The predicted molar refractivity (Wildman–Crippen MR) is 117 cm³/mol. The van der Waals surface area contributed by atoms with Crippen LogP contribution in [0.1, 0.15) is 67.0 Å². The molecule has 4 heterocycles. The van der Waals surface area contributed by atoms with Crippen molar-refractivity contribution in [3.8, 4) is 0 Å². The lowest BCUT2D eigenvalue weighted by Crippen LogP contribution is -2.17. The molecule has 8 heteroatoms. The standard InChI is InChI=1S/C23H25N5O3/c1-13(2)19-9-17(18-10-24-28(14(3)4)22(18)26-19)23(30)31-12-16-8-21(29)27-11-15(5)6-7-20(27)25-16/h6-11,13-14H,12H2,1-5H3. The number of ether oxygens (including phenoxy) is 1. The van der Waals surface area contributed by atoms with Crippen molar-refractivity contribution in [1.82, 2.24) is 24.1 Å². The molecule has 4 aromatic rings. The van der Waals surface area contributed by atoms with Gasteiger partial charge >= 0.3 is 5.97 Å². The Morgan fingerprint density at radius 1 is 1.13 bits per heavy atom. The fourth-order valence-electron chi connectivity index (χ4n) is 3.43. The third-order valence-electron chi connectivity index (χ3n) is 5.10. The highest BCUT2D eigenvalue weighted by molar-refractivity contribution is 6.02. The topological polar surface area (TPSA) is 91.4 Å². The molecule has 0 aliphatic rings. The van der Waals surface area contributed by atoms with Crippen LogP contribution < -0.4 is 5.56 Å². The Hall–Kier alpha value is -3.55. The minimum Gasteiger partial charge on any atom is -0.456 e. The quantitative estimate of drug-likeness (QED) is 0.457. The number of pyridine rings is 2. The van der Waals surface area contributed by atoms with Gasteiger partial charge in [-0.3, -0.25) is 9.20 Å². The van der Waals surface area contributed by atoms with Crippen molar-refractivity contribution in [2.45, 2.75) is 53.2 Å². The fourth-order valence-corrected chi connectivity index (χ4v) is 3.43. The summed E-state index contributed by atoms with van der Waals surface area (Å²) >= 11 is 0. The molecule has 160 valence electrons. The van der Waals surface area contributed by atoms with Crippen LogP contribution in [0.4, 0.5) is 0 Å². The Labute approximate surface area is 179 Å². The lowest BCUT2D eigenvalue weighted by atomic mass is 10.1. The van der Waals surface area contributed by atoms with Crippen LogP contribution in [0.3, 0.4) is 0 Å². The third kappa shape index (κ3) is 3.93. The minimum absolute atomic E-state index is 0.0996. The van der Waals surface area contributed by atoms with E-state index in [-0.39, 0.29) is 24.1 Å². The summed E-state index contributed by atoms with van der Waals surface area (Å²) in [6, 6.07) is 6.90. The summed E-state index contributed by atoms with van der Waals surface area (Å²) in [5.74, 6) is -0.361. The smallest absolute Gasteiger partial charge is 0.339 e. The molecule has 31 heavy (non-hydrogen) atoms. The normalized spacial score (nSPS) is 11.7. The van der Waals surface area contributed by atoms with E-state index in [1.54, 1.807) is 29.2 Å². The van der Waals surface area contributed by atoms with Crippen LogP contribution in [0.15, 0.2) is 41.5 Å². The molecular weight excluding hydrogens is 394 g/mol. The van der Waals surface area contributed by atoms with E-state index in [1.165, 1.54) is 10.5 Å². The van der Waals surface area contributed by atoms with E-state index in [1.807, 2.05) is 40.7 Å². The molecule has 0 bridgehead atoms. The van der Waals surface area contributed by atoms with Crippen LogP contribution >= 0.6 is 0 Å². The molecule has 0 aliphatic carbocycles. The highest BCUT2D eigenvalue weighted by Crippen LogP contribution is 2.25. The first kappa shape index (κ1) is 20.7. The van der Waals surface area contributed by atoms with Crippen LogP contribution in [-0.4, -0.2) is 30.1 Å². The first-order valence-electron chi connectivity index (χ1n) is 10.3. The summed E-state index contributed by atoms with van der Waals surface area (Å²) < 4.78 is 8.81. The molecule has 4 aromatic heterocycles. The number of carbonyl (C=O) groups is 1. The summed E-state index contributed by atoms with van der Waals surface area (Å²) in [6.07, 6.45) is 3.38. The molecule has 0 N–H and O–H groups in total. The molecule has 0 saturated heterocycles. The molecule has 0 unspecified atom stereocenters. The summed E-state index contributed by atoms with van der Waals surface area (Å²) in [7, 11) is 0. The van der Waals surface area contributed by atoms with E-state index < -0.39 is 5.97 Å². The van der Waals surface area contributed by atoms with Gasteiger partial charge in [0.25, 0.3) is 5.56 Å². The van der Waals surface area contributed by atoms with E-state index >= 15 is 0 Å². The van der Waals surface area contributed by atoms with Gasteiger partial charge in [-0.2, -0.15) is 5.10 Å². The van der Waals surface area contributed by atoms with Crippen molar-refractivity contribution < 1.29 is 9.53 Å². The Kier molecular flexibility index (Phi) is 5.31. The van der Waals surface area contributed by atoms with Crippen molar-refractivity contribution in [3.05, 3.63) is 69.5 Å². The van der Waals surface area contributed by atoms with Gasteiger partial charge in [-0.05, 0) is 44.4 Å². The zero-order valence-corrected chi connectivity index (χ0v) is 18.3. The molecule has 0 aliphatic heterocycles. The van der Waals surface area contributed by atoms with E-state index in [9.17, 15) is 9.59 Å². The Morgan fingerprint density at radius 3 is 2.61 bits per heavy atom. The van der Waals surface area contributed by atoms with Gasteiger partial charge < -0.3 is 4.74 Å². The van der Waals surface area contributed by atoms with Gasteiger partial charge in [0.05, 0.1) is 22.8 Å². The van der Waals surface area contributed by atoms with E-state index in [0.717, 1.165) is 11.3 Å². The monoisotopic (exact) mass is 419 g/mol. The highest BCUT2D eigenvalue weighted by atomic mass is 16.5. The minimum atomic E-state index is -0.497. The maximum atomic E-state index is 13.0. The molecule has 4 rings (SSSR count). The summed E-state index contributed by atoms with van der Waals surface area (Å²) in [6.45, 7) is 9.88. The van der Waals surface area contributed by atoms with E-state index in [2.05, 4.69) is 10.1 Å². The molecule has 0 spiro atoms. The Bertz CT molecular complexity index is 1350. The van der Waals surface area contributed by atoms with Crippen LogP contribution in [0.5, 0.6) is 0 Å². The molecule has 8 nitrogen and oxygen atoms in total. The van der Waals surface area contributed by atoms with Crippen molar-refractivity contribution >= 4 is 22.6 Å². The fraction of sp³-hybridized carbons (Fsp3) is 0.348. The third-order valence-corrected chi connectivity index (χ3v) is 5.10. The van der Waals surface area contributed by atoms with E-state index in [0.29, 0.717) is 27.9 Å². The van der Waals surface area contributed by atoms with Crippen molar-refractivity contribution in [1.29, 1.82) is 0 Å². The Morgan fingerprint density at radius 2 is 1.90 bits per heavy atom. The van der Waals surface area contributed by atoms with Crippen molar-refractivity contribution in [3.63, 3.8) is 0 Å². The number of aryl methyl sites for hydroxylation is 1. The average molecular weight is 419 g/mol. The number of hydrogen-bond acceptors (Lipinski definition) is 6. The number of aromatic nitrogens is 5. The summed E-state index contributed by atoms with van der Waals surface area (Å²) in [5, 5.41) is 5.04. The predicted octanol–water partition coefficient (Wildman–Crippen LogP) is 3.81. The number of carbonyl (C=O) groups excluding carboxylic acids is 1. The van der Waals surface area contributed by atoms with Gasteiger partial charge in [0, 0.05) is 24.0 Å². The van der Waals surface area contributed by atoms with Crippen LogP contribution in [-0.2, 0) is 11.3 Å². The number of fused-ring (bicyclic) bond motifs is 2. The second-order valence-electron chi connectivity index (χ2n) is 8.27. The zero-order valence-electron chi connectivity index (χ0n) is 18.3. The van der Waals surface area contributed by atoms with Gasteiger partial charge in [-0.25, -0.2) is 19.4 Å². The number of hydrogen-bond donors (Lipinski definition) is 0. The largest absolute Gasteiger partial charge is 0.456 e. The molecule has 0 radical (unpaired) electrons. The molecule has 0 saturated carbocycles. The molecular formula is C23H25N5O3. The Balaban J connectivity index is 1.66. The van der Waals surface area contributed by atoms with Crippen molar-refractivity contribution in [2.24, 2.45) is 0 Å².